The predicted molar refractivity (Wildman–Crippen MR) is 127 cm³/mol. The number of rotatable bonds is 8. The first-order chi connectivity index (χ1) is 15.5. The Morgan fingerprint density at radius 1 is 0.969 bits per heavy atom. The molecule has 0 aliphatic carbocycles. The summed E-state index contributed by atoms with van der Waals surface area (Å²) in [7, 11) is 3.34. The van der Waals surface area contributed by atoms with Crippen LogP contribution in [0.15, 0.2) is 55.1 Å². The SMILES string of the molecule is CCC(C)CN(c1cc(OC)cc(OC)c1)c1ccc2ncc(-n3cnc(C)c3)nc2c1. The molecule has 0 radical (unpaired) electrons. The van der Waals surface area contributed by atoms with Gasteiger partial charge in [-0.15, -0.1) is 0 Å². The van der Waals surface area contributed by atoms with E-state index in [0.29, 0.717) is 5.92 Å². The first-order valence-electron chi connectivity index (χ1n) is 10.8. The summed E-state index contributed by atoms with van der Waals surface area (Å²) < 4.78 is 12.9. The van der Waals surface area contributed by atoms with E-state index in [1.54, 1.807) is 26.7 Å². The van der Waals surface area contributed by atoms with Gasteiger partial charge in [-0.2, -0.15) is 0 Å². The number of hydrogen-bond donors (Lipinski definition) is 0. The minimum atomic E-state index is 0.495. The summed E-state index contributed by atoms with van der Waals surface area (Å²) in [5.41, 5.74) is 4.67. The van der Waals surface area contributed by atoms with Crippen molar-refractivity contribution in [1.29, 1.82) is 0 Å². The van der Waals surface area contributed by atoms with Crippen LogP contribution in [0.3, 0.4) is 0 Å². The van der Waals surface area contributed by atoms with Gasteiger partial charge in [0, 0.05) is 42.3 Å². The van der Waals surface area contributed by atoms with Crippen LogP contribution < -0.4 is 14.4 Å². The van der Waals surface area contributed by atoms with E-state index in [2.05, 4.69) is 40.8 Å². The van der Waals surface area contributed by atoms with Gasteiger partial charge in [0.05, 0.1) is 37.1 Å². The second kappa shape index (κ2) is 9.26. The monoisotopic (exact) mass is 431 g/mol. The Kier molecular flexibility index (Phi) is 6.25. The van der Waals surface area contributed by atoms with E-state index < -0.39 is 0 Å². The Morgan fingerprint density at radius 2 is 1.72 bits per heavy atom. The highest BCUT2D eigenvalue weighted by Crippen LogP contribution is 2.34. The largest absolute Gasteiger partial charge is 0.497 e. The van der Waals surface area contributed by atoms with E-state index in [9.17, 15) is 0 Å². The summed E-state index contributed by atoms with van der Waals surface area (Å²) in [4.78, 5) is 16.0. The second-order valence-corrected chi connectivity index (χ2v) is 8.02. The average molecular weight is 432 g/mol. The van der Waals surface area contributed by atoms with Crippen molar-refractivity contribution >= 4 is 22.4 Å². The molecule has 0 fully saturated rings. The second-order valence-electron chi connectivity index (χ2n) is 8.02. The van der Waals surface area contributed by atoms with E-state index in [1.807, 2.05) is 42.0 Å². The van der Waals surface area contributed by atoms with Crippen molar-refractivity contribution in [2.75, 3.05) is 25.7 Å². The third-order valence-electron chi connectivity index (χ3n) is 5.64. The maximum absolute atomic E-state index is 5.51. The van der Waals surface area contributed by atoms with E-state index in [4.69, 9.17) is 14.5 Å². The number of hydrogen-bond acceptors (Lipinski definition) is 6. The van der Waals surface area contributed by atoms with Crippen molar-refractivity contribution in [1.82, 2.24) is 19.5 Å². The minimum Gasteiger partial charge on any atom is -0.497 e. The molecular weight excluding hydrogens is 402 g/mol. The Bertz CT molecular complexity index is 1200. The molecule has 0 saturated carbocycles. The lowest BCUT2D eigenvalue weighted by molar-refractivity contribution is 0.394. The molecule has 4 aromatic rings. The van der Waals surface area contributed by atoms with E-state index in [0.717, 1.165) is 58.4 Å². The fourth-order valence-electron chi connectivity index (χ4n) is 3.58. The van der Waals surface area contributed by atoms with Gasteiger partial charge in [0.1, 0.15) is 17.8 Å². The molecule has 0 amide bonds. The quantitative estimate of drug-likeness (QED) is 0.376. The first-order valence-corrected chi connectivity index (χ1v) is 10.8. The number of nitrogens with zero attached hydrogens (tertiary/aromatic N) is 5. The lowest BCUT2D eigenvalue weighted by Crippen LogP contribution is -2.23. The summed E-state index contributed by atoms with van der Waals surface area (Å²) in [6.45, 7) is 7.27. The molecule has 2 heterocycles. The van der Waals surface area contributed by atoms with Crippen LogP contribution in [0.4, 0.5) is 11.4 Å². The van der Waals surface area contributed by atoms with Crippen molar-refractivity contribution < 1.29 is 9.47 Å². The van der Waals surface area contributed by atoms with Gasteiger partial charge in [0.25, 0.3) is 0 Å². The summed E-state index contributed by atoms with van der Waals surface area (Å²) >= 11 is 0. The molecule has 32 heavy (non-hydrogen) atoms. The Hall–Kier alpha value is -3.61. The van der Waals surface area contributed by atoms with Gasteiger partial charge in [-0.05, 0) is 31.0 Å². The lowest BCUT2D eigenvalue weighted by atomic mass is 10.1. The average Bonchev–Trinajstić information content (AvgIpc) is 3.27. The van der Waals surface area contributed by atoms with Crippen molar-refractivity contribution in [3.05, 3.63) is 60.8 Å². The molecule has 0 aliphatic rings. The van der Waals surface area contributed by atoms with E-state index >= 15 is 0 Å². The number of imidazole rings is 1. The Balaban J connectivity index is 1.80. The van der Waals surface area contributed by atoms with Crippen LogP contribution in [0.5, 0.6) is 11.5 Å². The van der Waals surface area contributed by atoms with Crippen LogP contribution in [0.1, 0.15) is 26.0 Å². The number of fused-ring (bicyclic) bond motifs is 1. The van der Waals surface area contributed by atoms with Gasteiger partial charge >= 0.3 is 0 Å². The fourth-order valence-corrected chi connectivity index (χ4v) is 3.58. The lowest BCUT2D eigenvalue weighted by Gasteiger charge is -2.28. The first kappa shape index (κ1) is 21.6. The van der Waals surface area contributed by atoms with Crippen LogP contribution in [-0.4, -0.2) is 40.3 Å². The molecule has 1 atom stereocenters. The molecule has 7 heteroatoms. The number of anilines is 2. The van der Waals surface area contributed by atoms with Gasteiger partial charge < -0.3 is 14.4 Å². The highest BCUT2D eigenvalue weighted by molar-refractivity contribution is 5.81. The zero-order chi connectivity index (χ0) is 22.7. The zero-order valence-electron chi connectivity index (χ0n) is 19.2. The zero-order valence-corrected chi connectivity index (χ0v) is 19.2. The Labute approximate surface area is 188 Å². The highest BCUT2D eigenvalue weighted by atomic mass is 16.5. The standard InChI is InChI=1S/C25H29N5O2/c1-6-17(2)14-30(20-9-21(31-4)12-22(10-20)32-5)19-7-8-23-24(11-19)28-25(13-26-23)29-15-18(3)27-16-29/h7-13,15-17H,6,14H2,1-5H3. The number of methoxy groups -OCH3 is 2. The third-order valence-corrected chi connectivity index (χ3v) is 5.64. The molecule has 0 N–H and O–H groups in total. The predicted octanol–water partition coefficient (Wildman–Crippen LogP) is 5.33. The topological polar surface area (TPSA) is 65.3 Å². The summed E-state index contributed by atoms with van der Waals surface area (Å²) in [6.07, 6.45) is 6.55. The maximum atomic E-state index is 5.51. The fraction of sp³-hybridized carbons (Fsp3) is 0.320. The van der Waals surface area contributed by atoms with Crippen molar-refractivity contribution in [3.63, 3.8) is 0 Å². The van der Waals surface area contributed by atoms with Crippen LogP contribution in [0.25, 0.3) is 16.9 Å². The van der Waals surface area contributed by atoms with Crippen molar-refractivity contribution in [2.45, 2.75) is 27.2 Å². The summed E-state index contributed by atoms with van der Waals surface area (Å²) in [5.74, 6) is 2.75. The molecule has 1 unspecified atom stereocenters. The molecule has 2 aromatic heterocycles. The van der Waals surface area contributed by atoms with Gasteiger partial charge in [-0.3, -0.25) is 9.55 Å². The van der Waals surface area contributed by atoms with E-state index in [1.165, 1.54) is 0 Å². The molecule has 166 valence electrons. The summed E-state index contributed by atoms with van der Waals surface area (Å²) in [5, 5.41) is 0. The number of aromatic nitrogens is 4. The van der Waals surface area contributed by atoms with Crippen molar-refractivity contribution in [2.24, 2.45) is 5.92 Å². The van der Waals surface area contributed by atoms with Gasteiger partial charge in [-0.25, -0.2) is 9.97 Å². The Morgan fingerprint density at radius 3 is 2.34 bits per heavy atom. The normalized spacial score (nSPS) is 12.0. The molecule has 4 rings (SSSR count). The number of aryl methyl sites for hydroxylation is 1. The highest BCUT2D eigenvalue weighted by Gasteiger charge is 2.16. The van der Waals surface area contributed by atoms with E-state index in [-0.39, 0.29) is 0 Å². The minimum absolute atomic E-state index is 0.495. The number of benzene rings is 2. The van der Waals surface area contributed by atoms with Gasteiger partial charge in [0.15, 0.2) is 5.82 Å². The van der Waals surface area contributed by atoms with Crippen LogP contribution in [0.2, 0.25) is 0 Å². The summed E-state index contributed by atoms with van der Waals surface area (Å²) in [6, 6.07) is 12.1. The van der Waals surface area contributed by atoms with Gasteiger partial charge in [-0.1, -0.05) is 20.3 Å². The van der Waals surface area contributed by atoms with Crippen molar-refractivity contribution in [3.8, 4) is 17.3 Å². The molecular formula is C25H29N5O2. The molecule has 0 aliphatic heterocycles. The maximum Gasteiger partial charge on any atom is 0.157 e. The third kappa shape index (κ3) is 4.51. The smallest absolute Gasteiger partial charge is 0.157 e. The van der Waals surface area contributed by atoms with Gasteiger partial charge in [0.2, 0.25) is 0 Å². The molecule has 0 saturated heterocycles. The van der Waals surface area contributed by atoms with Crippen LogP contribution in [-0.2, 0) is 0 Å². The molecule has 0 bridgehead atoms. The molecule has 0 spiro atoms. The molecule has 2 aromatic carbocycles. The number of ether oxygens (including phenoxy) is 2. The van der Waals surface area contributed by atoms with Crippen LogP contribution in [0, 0.1) is 12.8 Å². The molecule has 7 nitrogen and oxygen atoms in total. The van der Waals surface area contributed by atoms with Crippen LogP contribution >= 0.6 is 0 Å².